The molecule has 0 bridgehead atoms. The zero-order valence-corrected chi connectivity index (χ0v) is 21.3. The second-order valence-corrected chi connectivity index (χ2v) is 9.33. The maximum absolute atomic E-state index is 13.7. The highest BCUT2D eigenvalue weighted by molar-refractivity contribution is 7.86. The molecular formula is C22H28F5NO9S. The van der Waals surface area contributed by atoms with Crippen LogP contribution in [0.4, 0.5) is 27.6 Å². The number of nitrogens with zero attached hydrogens (tertiary/aromatic N) is 1. The number of benzene rings is 1. The van der Waals surface area contributed by atoms with Crippen molar-refractivity contribution in [2.24, 2.45) is 0 Å². The van der Waals surface area contributed by atoms with Crippen LogP contribution in [0.1, 0.15) is 49.9 Å². The summed E-state index contributed by atoms with van der Waals surface area (Å²) in [6, 6.07) is 4.27. The van der Waals surface area contributed by atoms with Crippen molar-refractivity contribution in [2.45, 2.75) is 57.1 Å². The third-order valence-corrected chi connectivity index (χ3v) is 5.70. The summed E-state index contributed by atoms with van der Waals surface area (Å²) in [7, 11) is -6.58. The monoisotopic (exact) mass is 577 g/mol. The lowest BCUT2D eigenvalue weighted by atomic mass is 10.2. The van der Waals surface area contributed by atoms with E-state index in [1.807, 2.05) is 0 Å². The van der Waals surface area contributed by atoms with E-state index in [0.717, 1.165) is 12.1 Å². The van der Waals surface area contributed by atoms with Crippen molar-refractivity contribution in [1.29, 1.82) is 0 Å². The Kier molecular flexibility index (Phi) is 12.4. The van der Waals surface area contributed by atoms with Crippen LogP contribution in [0.2, 0.25) is 0 Å². The van der Waals surface area contributed by atoms with Crippen LogP contribution in [0.15, 0.2) is 24.3 Å². The van der Waals surface area contributed by atoms with Gasteiger partial charge in [-0.1, -0.05) is 13.8 Å². The van der Waals surface area contributed by atoms with Crippen molar-refractivity contribution in [2.75, 3.05) is 31.2 Å². The lowest BCUT2D eigenvalue weighted by Crippen LogP contribution is -2.52. The van der Waals surface area contributed by atoms with Crippen LogP contribution >= 0.6 is 0 Å². The fraction of sp³-hybridized carbons (Fsp3) is 0.591. The molecule has 1 atom stereocenters. The lowest BCUT2D eigenvalue weighted by Gasteiger charge is -2.26. The van der Waals surface area contributed by atoms with Crippen molar-refractivity contribution < 1.29 is 63.5 Å². The molecule has 0 aliphatic rings. The maximum atomic E-state index is 13.7. The van der Waals surface area contributed by atoms with Crippen molar-refractivity contribution >= 4 is 33.7 Å². The quantitative estimate of drug-likeness (QED) is 0.142. The number of alkyl halides is 5. The van der Waals surface area contributed by atoms with Gasteiger partial charge in [0.2, 0.25) is 0 Å². The van der Waals surface area contributed by atoms with Gasteiger partial charge in [0.05, 0.1) is 18.7 Å². The molecule has 16 heteroatoms. The van der Waals surface area contributed by atoms with Crippen molar-refractivity contribution in [3.8, 4) is 0 Å². The normalized spacial score (nSPS) is 12.9. The van der Waals surface area contributed by atoms with E-state index in [4.69, 9.17) is 14.0 Å². The Morgan fingerprint density at radius 1 is 0.895 bits per heavy atom. The topological polar surface area (TPSA) is 137 Å². The molecule has 1 aromatic carbocycles. The Labute approximate surface area is 215 Å². The first-order valence-corrected chi connectivity index (χ1v) is 12.8. The summed E-state index contributed by atoms with van der Waals surface area (Å²) in [5, 5.41) is -5.86. The van der Waals surface area contributed by atoms with Crippen LogP contribution < -0.4 is 4.90 Å². The highest BCUT2D eigenvalue weighted by atomic mass is 32.2. The van der Waals surface area contributed by atoms with E-state index in [1.165, 1.54) is 12.1 Å². The Balaban J connectivity index is 3.05. The van der Waals surface area contributed by atoms with Gasteiger partial charge in [0.1, 0.15) is 13.2 Å². The van der Waals surface area contributed by atoms with E-state index in [2.05, 4.69) is 4.74 Å². The minimum Gasteiger partial charge on any atom is -0.464 e. The molecule has 0 spiro atoms. The Hall–Kier alpha value is -3.01. The van der Waals surface area contributed by atoms with Crippen molar-refractivity contribution in [3.63, 3.8) is 0 Å². The molecule has 0 saturated heterocycles. The van der Waals surface area contributed by atoms with Gasteiger partial charge in [-0.3, -0.25) is 14.1 Å². The third kappa shape index (κ3) is 10.0. The number of hydrogen-bond acceptors (Lipinski definition) is 9. The fourth-order valence-electron chi connectivity index (χ4n) is 2.91. The third-order valence-electron chi connectivity index (χ3n) is 4.80. The summed E-state index contributed by atoms with van der Waals surface area (Å²) in [5.74, 6) is -2.82. The van der Waals surface area contributed by atoms with E-state index < -0.39 is 51.1 Å². The smallest absolute Gasteiger partial charge is 0.432 e. The number of hydrogen-bond donors (Lipinski definition) is 1. The molecule has 1 N–H and O–H groups in total. The highest BCUT2D eigenvalue weighted by Crippen LogP contribution is 2.38. The van der Waals surface area contributed by atoms with Crippen LogP contribution in [0.5, 0.6) is 0 Å². The lowest BCUT2D eigenvalue weighted by molar-refractivity contribution is -0.248. The van der Waals surface area contributed by atoms with Gasteiger partial charge in [-0.15, -0.1) is 0 Å². The molecule has 0 fully saturated rings. The summed E-state index contributed by atoms with van der Waals surface area (Å²) in [4.78, 5) is 36.9. The number of halogens is 5. The minimum atomic E-state index is -6.58. The number of anilines is 1. The van der Waals surface area contributed by atoms with Crippen LogP contribution in [-0.4, -0.2) is 74.7 Å². The van der Waals surface area contributed by atoms with Gasteiger partial charge in [0, 0.05) is 18.5 Å². The number of carbonyl (C=O) groups is 3. The molecule has 0 radical (unpaired) electrons. The van der Waals surface area contributed by atoms with Crippen LogP contribution in [0, 0.1) is 0 Å². The zero-order valence-electron chi connectivity index (χ0n) is 20.5. The summed E-state index contributed by atoms with van der Waals surface area (Å²) >= 11 is 0. The van der Waals surface area contributed by atoms with E-state index in [-0.39, 0.29) is 39.1 Å². The summed E-state index contributed by atoms with van der Waals surface area (Å²) < 4.78 is 110. The number of ether oxygens (including phenoxy) is 3. The van der Waals surface area contributed by atoms with Gasteiger partial charge in [-0.25, -0.2) is 4.79 Å². The van der Waals surface area contributed by atoms with Gasteiger partial charge >= 0.3 is 39.5 Å². The average Bonchev–Trinajstić information content (AvgIpc) is 2.80. The van der Waals surface area contributed by atoms with Crippen LogP contribution in [0.3, 0.4) is 0 Å². The van der Waals surface area contributed by atoms with Gasteiger partial charge in [-0.2, -0.15) is 30.4 Å². The molecule has 0 heterocycles. The standard InChI is InChI=1S/C22H28F5NO9S/c1-3-5-17(29)35-13-11-28(12-14-36-18(30)6-4-2)16-9-7-15(8-10-16)19(31)37-20(21(23,24)25)22(26,27)38(32,33)34/h7-10,20H,3-6,11-14H2,1-2H3,(H,32,33,34). The SMILES string of the molecule is CCCC(=O)OCCN(CCOC(=O)CCC)c1ccc(C(=O)OC(C(F)(F)F)C(F)(F)S(=O)(=O)O)cc1. The zero-order chi connectivity index (χ0) is 29.1. The first-order chi connectivity index (χ1) is 17.5. The molecule has 38 heavy (non-hydrogen) atoms. The first kappa shape index (κ1) is 33.0. The van der Waals surface area contributed by atoms with Gasteiger partial charge in [0.25, 0.3) is 6.10 Å². The van der Waals surface area contributed by atoms with Crippen molar-refractivity contribution in [1.82, 2.24) is 0 Å². The van der Waals surface area contributed by atoms with Gasteiger partial charge in [0.15, 0.2) is 0 Å². The number of rotatable bonds is 15. The van der Waals surface area contributed by atoms with Crippen molar-refractivity contribution in [3.05, 3.63) is 29.8 Å². The van der Waals surface area contributed by atoms with E-state index in [1.54, 1.807) is 18.7 Å². The molecule has 0 aromatic heterocycles. The molecule has 10 nitrogen and oxygen atoms in total. The molecule has 0 saturated carbocycles. The maximum Gasteiger partial charge on any atom is 0.432 e. The van der Waals surface area contributed by atoms with E-state index >= 15 is 0 Å². The van der Waals surface area contributed by atoms with Crippen LogP contribution in [-0.2, 0) is 33.9 Å². The van der Waals surface area contributed by atoms with Crippen LogP contribution in [0.25, 0.3) is 0 Å². The van der Waals surface area contributed by atoms with E-state index in [0.29, 0.717) is 18.5 Å². The second kappa shape index (κ2) is 14.2. The molecule has 0 aliphatic heterocycles. The second-order valence-electron chi connectivity index (χ2n) is 7.84. The molecule has 1 rings (SSSR count). The highest BCUT2D eigenvalue weighted by Gasteiger charge is 2.66. The molecule has 0 aliphatic carbocycles. The Bertz CT molecular complexity index is 1020. The number of esters is 3. The average molecular weight is 578 g/mol. The predicted molar refractivity (Wildman–Crippen MR) is 122 cm³/mol. The van der Waals surface area contributed by atoms with E-state index in [9.17, 15) is 44.8 Å². The fourth-order valence-corrected chi connectivity index (χ4v) is 3.36. The summed E-state index contributed by atoms with van der Waals surface area (Å²) in [6.07, 6.45) is -8.97. The molecular weight excluding hydrogens is 549 g/mol. The number of carbonyl (C=O) groups excluding carboxylic acids is 3. The minimum absolute atomic E-state index is 0.0660. The molecule has 0 amide bonds. The Morgan fingerprint density at radius 3 is 1.71 bits per heavy atom. The molecule has 216 valence electrons. The predicted octanol–water partition coefficient (Wildman–Crippen LogP) is 3.75. The van der Waals surface area contributed by atoms with Gasteiger partial charge in [-0.05, 0) is 37.1 Å². The largest absolute Gasteiger partial charge is 0.464 e. The molecule has 1 unspecified atom stereocenters. The Morgan fingerprint density at radius 2 is 1.34 bits per heavy atom. The summed E-state index contributed by atoms with van der Waals surface area (Å²) in [5.41, 5.74) is -0.312. The molecule has 1 aromatic rings. The first-order valence-electron chi connectivity index (χ1n) is 11.3. The van der Waals surface area contributed by atoms with Gasteiger partial charge < -0.3 is 19.1 Å². The summed E-state index contributed by atoms with van der Waals surface area (Å²) in [6.45, 7) is 3.63.